The van der Waals surface area contributed by atoms with Gasteiger partial charge in [0.1, 0.15) is 24.9 Å². The number of hydrogen-bond acceptors (Lipinski definition) is 12. The van der Waals surface area contributed by atoms with Crippen LogP contribution in [0, 0.1) is 28.6 Å². The summed E-state index contributed by atoms with van der Waals surface area (Å²) >= 11 is 0. The van der Waals surface area contributed by atoms with Gasteiger partial charge in [-0.25, -0.2) is 14.4 Å². The van der Waals surface area contributed by atoms with Gasteiger partial charge in [0, 0.05) is 22.8 Å². The second kappa shape index (κ2) is 9.81. The van der Waals surface area contributed by atoms with E-state index in [9.17, 15) is 39.6 Å². The highest BCUT2D eigenvalue weighted by Crippen LogP contribution is 2.73. The first kappa shape index (κ1) is 30.6. The lowest BCUT2D eigenvalue weighted by atomic mass is 9.38. The molecular formula is C30H38O12. The van der Waals surface area contributed by atoms with Crippen LogP contribution in [-0.2, 0) is 38.1 Å². The third-order valence-corrected chi connectivity index (χ3v) is 10.6. The van der Waals surface area contributed by atoms with Crippen LogP contribution < -0.4 is 0 Å². The first-order valence-electron chi connectivity index (χ1n) is 14.1. The molecule has 42 heavy (non-hydrogen) atoms. The summed E-state index contributed by atoms with van der Waals surface area (Å²) in [5.41, 5.74) is -4.20. The van der Waals surface area contributed by atoms with E-state index < -0.39 is 94.7 Å². The summed E-state index contributed by atoms with van der Waals surface area (Å²) in [5, 5.41) is 45.7. The summed E-state index contributed by atoms with van der Waals surface area (Å²) < 4.78 is 22.5. The van der Waals surface area contributed by atoms with Crippen molar-refractivity contribution in [2.45, 2.75) is 83.3 Å². The standard InChI is InChI=1S/C30H38O12/c1-7-13(3)23(34)39-11-28(37,8-2)26(36)42-20-19-15(5)21(32)30(38)25-27(6)16(14(4)9-17(31)22(27)33)10-18(41-24(20)35)29(19,25)12-40-30/h7,9,16,18-22,25,32-33,37-38H,5,8,10-12H2,1-4,6H3. The number of allylic oxidation sites excluding steroid dienone is 2. The molecule has 0 radical (unpaired) electrons. The number of hydrogen-bond donors (Lipinski definition) is 4. The van der Waals surface area contributed by atoms with Crippen LogP contribution in [0.1, 0.15) is 47.5 Å². The molecule has 2 bridgehead atoms. The number of carbonyl (C=O) groups excluding carboxylic acids is 4. The van der Waals surface area contributed by atoms with Crippen molar-refractivity contribution in [1.82, 2.24) is 0 Å². The Balaban J connectivity index is 1.55. The first-order chi connectivity index (χ1) is 19.5. The van der Waals surface area contributed by atoms with E-state index in [2.05, 4.69) is 6.58 Å². The molecule has 0 aromatic heterocycles. The molecular weight excluding hydrogens is 552 g/mol. The Hall–Kier alpha value is -2.90. The Bertz CT molecular complexity index is 1320. The largest absolute Gasteiger partial charge is 0.459 e. The van der Waals surface area contributed by atoms with Crippen molar-refractivity contribution in [3.8, 4) is 0 Å². The zero-order valence-corrected chi connectivity index (χ0v) is 24.3. The zero-order valence-electron chi connectivity index (χ0n) is 24.3. The molecule has 0 aromatic rings. The number of aliphatic hydroxyl groups excluding tert-OH is 2. The predicted molar refractivity (Wildman–Crippen MR) is 142 cm³/mol. The second-order valence-electron chi connectivity index (χ2n) is 12.6. The third-order valence-electron chi connectivity index (χ3n) is 10.6. The maximum Gasteiger partial charge on any atom is 0.348 e. The van der Waals surface area contributed by atoms with E-state index in [1.807, 2.05) is 0 Å². The van der Waals surface area contributed by atoms with Crippen LogP contribution in [-0.4, -0.2) is 93.1 Å². The van der Waals surface area contributed by atoms with Crippen molar-refractivity contribution in [3.05, 3.63) is 35.5 Å². The number of fused-ring (bicyclic) bond motifs is 1. The van der Waals surface area contributed by atoms with Gasteiger partial charge in [-0.15, -0.1) is 0 Å². The molecule has 12 nitrogen and oxygen atoms in total. The number of rotatable bonds is 6. The molecule has 2 saturated heterocycles. The van der Waals surface area contributed by atoms with E-state index >= 15 is 0 Å². The van der Waals surface area contributed by atoms with Crippen molar-refractivity contribution in [2.75, 3.05) is 13.2 Å². The quantitative estimate of drug-likeness (QED) is 0.143. The summed E-state index contributed by atoms with van der Waals surface area (Å²) in [6, 6.07) is 0. The Morgan fingerprint density at radius 1 is 1.26 bits per heavy atom. The van der Waals surface area contributed by atoms with Gasteiger partial charge in [0.05, 0.1) is 12.0 Å². The smallest absolute Gasteiger partial charge is 0.348 e. The molecule has 4 fully saturated rings. The molecule has 2 saturated carbocycles. The van der Waals surface area contributed by atoms with Gasteiger partial charge in [0.25, 0.3) is 0 Å². The van der Waals surface area contributed by atoms with E-state index in [1.165, 1.54) is 26.0 Å². The van der Waals surface area contributed by atoms with Gasteiger partial charge < -0.3 is 39.4 Å². The van der Waals surface area contributed by atoms with Crippen LogP contribution in [0.3, 0.4) is 0 Å². The Kier molecular flexibility index (Phi) is 7.14. The lowest BCUT2D eigenvalue weighted by molar-refractivity contribution is -0.312. The van der Waals surface area contributed by atoms with E-state index in [0.29, 0.717) is 5.57 Å². The van der Waals surface area contributed by atoms with Gasteiger partial charge in [-0.05, 0) is 51.2 Å². The number of ether oxygens (including phenoxy) is 4. The molecule has 230 valence electrons. The summed E-state index contributed by atoms with van der Waals surface area (Å²) in [6.45, 7) is 10.9. The van der Waals surface area contributed by atoms with Crippen LogP contribution in [0.4, 0.5) is 0 Å². The van der Waals surface area contributed by atoms with Crippen LogP contribution in [0.5, 0.6) is 0 Å². The fourth-order valence-corrected chi connectivity index (χ4v) is 8.25. The highest BCUT2D eigenvalue weighted by Gasteiger charge is 2.83. The fraction of sp³-hybridized carbons (Fsp3) is 0.667. The molecule has 0 amide bonds. The second-order valence-corrected chi connectivity index (χ2v) is 12.6. The normalized spacial score (nSPS) is 43.8. The molecule has 12 heteroatoms. The average molecular weight is 591 g/mol. The maximum atomic E-state index is 13.5. The zero-order chi connectivity index (χ0) is 31.2. The Morgan fingerprint density at radius 3 is 2.55 bits per heavy atom. The first-order valence-corrected chi connectivity index (χ1v) is 14.1. The highest BCUT2D eigenvalue weighted by atomic mass is 16.7. The number of aliphatic hydroxyl groups is 4. The average Bonchev–Trinajstić information content (AvgIpc) is 3.25. The SMILES string of the molecule is C=C1C(O)C2(O)OCC34C(CC5C(C)=CC(=O)C(O)C5(C)C23)OC(=O)C(OC(=O)C(O)(CC)COC(=O)C(C)=CC)C14. The van der Waals surface area contributed by atoms with Gasteiger partial charge in [-0.3, -0.25) is 4.79 Å². The molecule has 3 aliphatic carbocycles. The molecule has 2 aliphatic heterocycles. The van der Waals surface area contributed by atoms with E-state index in [1.54, 1.807) is 20.8 Å². The highest BCUT2D eigenvalue weighted by molar-refractivity contribution is 5.96. The number of esters is 3. The van der Waals surface area contributed by atoms with Crippen LogP contribution >= 0.6 is 0 Å². The van der Waals surface area contributed by atoms with Crippen molar-refractivity contribution in [1.29, 1.82) is 0 Å². The third kappa shape index (κ3) is 3.78. The van der Waals surface area contributed by atoms with E-state index in [-0.39, 0.29) is 30.6 Å². The number of ketones is 1. The lowest BCUT2D eigenvalue weighted by Gasteiger charge is -2.67. The van der Waals surface area contributed by atoms with Gasteiger partial charge >= 0.3 is 17.9 Å². The molecule has 0 aromatic carbocycles. The van der Waals surface area contributed by atoms with Gasteiger partial charge in [0.2, 0.25) is 6.10 Å². The van der Waals surface area contributed by atoms with Gasteiger partial charge in [-0.2, -0.15) is 0 Å². The minimum Gasteiger partial charge on any atom is -0.459 e. The van der Waals surface area contributed by atoms with E-state index in [0.717, 1.165) is 0 Å². The van der Waals surface area contributed by atoms with Crippen LogP contribution in [0.15, 0.2) is 35.5 Å². The van der Waals surface area contributed by atoms with Crippen LogP contribution in [0.25, 0.3) is 0 Å². The predicted octanol–water partition coefficient (Wildman–Crippen LogP) is 0.259. The topological polar surface area (TPSA) is 186 Å². The van der Waals surface area contributed by atoms with Crippen molar-refractivity contribution < 1.29 is 58.6 Å². The van der Waals surface area contributed by atoms with Gasteiger partial charge in [-0.1, -0.05) is 32.1 Å². The maximum absolute atomic E-state index is 13.5. The Morgan fingerprint density at radius 2 is 1.93 bits per heavy atom. The molecule has 1 spiro atoms. The summed E-state index contributed by atoms with van der Waals surface area (Å²) in [5.74, 6) is -8.67. The van der Waals surface area contributed by atoms with Gasteiger partial charge in [0.15, 0.2) is 17.2 Å². The fourth-order valence-electron chi connectivity index (χ4n) is 8.25. The molecule has 5 rings (SSSR count). The summed E-state index contributed by atoms with van der Waals surface area (Å²) in [4.78, 5) is 52.0. The van der Waals surface area contributed by atoms with Crippen molar-refractivity contribution >= 4 is 23.7 Å². The lowest BCUT2D eigenvalue weighted by Crippen LogP contribution is -2.76. The minimum atomic E-state index is -2.32. The number of carbonyl (C=O) groups is 4. The van der Waals surface area contributed by atoms with Crippen LogP contribution in [0.2, 0.25) is 0 Å². The summed E-state index contributed by atoms with van der Waals surface area (Å²) in [7, 11) is 0. The molecule has 11 atom stereocenters. The molecule has 2 heterocycles. The van der Waals surface area contributed by atoms with Crippen molar-refractivity contribution in [3.63, 3.8) is 0 Å². The molecule has 11 unspecified atom stereocenters. The minimum absolute atomic E-state index is 0.0492. The van der Waals surface area contributed by atoms with E-state index in [4.69, 9.17) is 18.9 Å². The molecule has 5 aliphatic rings. The van der Waals surface area contributed by atoms with Crippen molar-refractivity contribution in [2.24, 2.45) is 28.6 Å². The Labute approximate surface area is 243 Å². The monoisotopic (exact) mass is 590 g/mol. The summed E-state index contributed by atoms with van der Waals surface area (Å²) in [6.07, 6.45) is -3.22. The molecule has 4 N–H and O–H groups in total.